The maximum Gasteiger partial charge on any atom is 0.387 e. The SMILES string of the molecule is COc1cc(/C=C/C(=O)OCc2ccc3c(c2)OCO3)ccc1OC(F)F. The summed E-state index contributed by atoms with van der Waals surface area (Å²) in [5, 5.41) is 0. The maximum atomic E-state index is 12.3. The fourth-order valence-electron chi connectivity index (χ4n) is 2.38. The molecule has 3 rings (SSSR count). The first-order valence-corrected chi connectivity index (χ1v) is 7.91. The van der Waals surface area contributed by atoms with E-state index in [0.29, 0.717) is 17.1 Å². The summed E-state index contributed by atoms with van der Waals surface area (Å²) in [4.78, 5) is 11.9. The van der Waals surface area contributed by atoms with Gasteiger partial charge in [-0.15, -0.1) is 0 Å². The molecule has 1 heterocycles. The number of carbonyl (C=O) groups is 1. The van der Waals surface area contributed by atoms with Crippen LogP contribution in [0.5, 0.6) is 23.0 Å². The Bertz CT molecular complexity index is 850. The van der Waals surface area contributed by atoms with Crippen LogP contribution in [0.2, 0.25) is 0 Å². The third kappa shape index (κ3) is 4.87. The highest BCUT2D eigenvalue weighted by Crippen LogP contribution is 2.33. The molecule has 0 saturated heterocycles. The monoisotopic (exact) mass is 378 g/mol. The molecule has 2 aromatic rings. The highest BCUT2D eigenvalue weighted by molar-refractivity contribution is 5.87. The molecule has 142 valence electrons. The number of alkyl halides is 2. The average molecular weight is 378 g/mol. The van der Waals surface area contributed by atoms with Gasteiger partial charge in [0.05, 0.1) is 7.11 Å². The van der Waals surface area contributed by atoms with Gasteiger partial charge in [-0.05, 0) is 41.5 Å². The molecule has 0 aliphatic carbocycles. The number of benzene rings is 2. The van der Waals surface area contributed by atoms with E-state index in [4.69, 9.17) is 18.9 Å². The molecule has 27 heavy (non-hydrogen) atoms. The van der Waals surface area contributed by atoms with Crippen molar-refractivity contribution in [2.45, 2.75) is 13.2 Å². The number of esters is 1. The lowest BCUT2D eigenvalue weighted by Crippen LogP contribution is -2.03. The Morgan fingerprint density at radius 1 is 1.15 bits per heavy atom. The van der Waals surface area contributed by atoms with Crippen molar-refractivity contribution < 1.29 is 37.3 Å². The third-order valence-electron chi connectivity index (χ3n) is 3.63. The standard InChI is InChI=1S/C19H16F2O6/c1-23-16-8-12(2-6-15(16)27-19(20)21)4-7-18(22)24-10-13-3-5-14-17(9-13)26-11-25-14/h2-9,19H,10-11H2,1H3/b7-4+. The first kappa shape index (κ1) is 18.5. The third-order valence-corrected chi connectivity index (χ3v) is 3.63. The lowest BCUT2D eigenvalue weighted by atomic mass is 10.2. The van der Waals surface area contributed by atoms with Crippen LogP contribution in [0, 0.1) is 0 Å². The lowest BCUT2D eigenvalue weighted by molar-refractivity contribution is -0.138. The zero-order chi connectivity index (χ0) is 19.2. The second-order valence-electron chi connectivity index (χ2n) is 5.42. The van der Waals surface area contributed by atoms with E-state index in [9.17, 15) is 13.6 Å². The fraction of sp³-hybridized carbons (Fsp3) is 0.211. The van der Waals surface area contributed by atoms with Crippen LogP contribution in [0.3, 0.4) is 0 Å². The molecule has 2 aromatic carbocycles. The van der Waals surface area contributed by atoms with Crippen LogP contribution < -0.4 is 18.9 Å². The average Bonchev–Trinajstić information content (AvgIpc) is 3.13. The van der Waals surface area contributed by atoms with Gasteiger partial charge in [0.25, 0.3) is 0 Å². The summed E-state index contributed by atoms with van der Waals surface area (Å²) in [6.45, 7) is -2.71. The Morgan fingerprint density at radius 2 is 1.96 bits per heavy atom. The summed E-state index contributed by atoms with van der Waals surface area (Å²) in [6.07, 6.45) is 2.71. The normalized spacial score (nSPS) is 12.4. The van der Waals surface area contributed by atoms with Gasteiger partial charge < -0.3 is 23.7 Å². The smallest absolute Gasteiger partial charge is 0.387 e. The number of halogens is 2. The molecule has 8 heteroatoms. The molecular formula is C19H16F2O6. The zero-order valence-corrected chi connectivity index (χ0v) is 14.3. The van der Waals surface area contributed by atoms with Crippen molar-refractivity contribution in [3.63, 3.8) is 0 Å². The second-order valence-corrected chi connectivity index (χ2v) is 5.42. The molecule has 0 N–H and O–H groups in total. The van der Waals surface area contributed by atoms with E-state index >= 15 is 0 Å². The van der Waals surface area contributed by atoms with E-state index in [1.54, 1.807) is 18.2 Å². The maximum absolute atomic E-state index is 12.3. The molecular weight excluding hydrogens is 362 g/mol. The number of rotatable bonds is 7. The summed E-state index contributed by atoms with van der Waals surface area (Å²) in [5.41, 5.74) is 1.32. The van der Waals surface area contributed by atoms with Gasteiger partial charge in [-0.1, -0.05) is 12.1 Å². The van der Waals surface area contributed by atoms with Crippen LogP contribution >= 0.6 is 0 Å². The van der Waals surface area contributed by atoms with Crippen LogP contribution in [-0.4, -0.2) is 26.5 Å². The molecule has 0 fully saturated rings. The number of hydrogen-bond donors (Lipinski definition) is 0. The van der Waals surface area contributed by atoms with Crippen LogP contribution in [0.25, 0.3) is 6.08 Å². The number of fused-ring (bicyclic) bond motifs is 1. The van der Waals surface area contributed by atoms with E-state index in [1.807, 2.05) is 0 Å². The molecule has 0 saturated carbocycles. The van der Waals surface area contributed by atoms with E-state index < -0.39 is 12.6 Å². The largest absolute Gasteiger partial charge is 0.493 e. The highest BCUT2D eigenvalue weighted by atomic mass is 19.3. The van der Waals surface area contributed by atoms with Crippen molar-refractivity contribution in [2.24, 2.45) is 0 Å². The van der Waals surface area contributed by atoms with E-state index in [2.05, 4.69) is 4.74 Å². The number of methoxy groups -OCH3 is 1. The van der Waals surface area contributed by atoms with Gasteiger partial charge in [-0.3, -0.25) is 0 Å². The first-order chi connectivity index (χ1) is 13.0. The van der Waals surface area contributed by atoms with Crippen molar-refractivity contribution in [3.05, 3.63) is 53.6 Å². The summed E-state index contributed by atoms with van der Waals surface area (Å²) in [6, 6.07) is 9.59. The van der Waals surface area contributed by atoms with Crippen LogP contribution in [-0.2, 0) is 16.1 Å². The van der Waals surface area contributed by atoms with Crippen molar-refractivity contribution in [2.75, 3.05) is 13.9 Å². The Balaban J connectivity index is 1.58. The summed E-state index contributed by atoms with van der Waals surface area (Å²) in [7, 11) is 1.33. The molecule has 0 atom stereocenters. The molecule has 6 nitrogen and oxygen atoms in total. The van der Waals surface area contributed by atoms with Gasteiger partial charge >= 0.3 is 12.6 Å². The minimum atomic E-state index is -2.95. The number of ether oxygens (including phenoxy) is 5. The van der Waals surface area contributed by atoms with Gasteiger partial charge in [0, 0.05) is 6.08 Å². The molecule has 0 unspecified atom stereocenters. The van der Waals surface area contributed by atoms with E-state index in [0.717, 1.165) is 5.56 Å². The fourth-order valence-corrected chi connectivity index (χ4v) is 2.38. The summed E-state index contributed by atoms with van der Waals surface area (Å²) < 4.78 is 49.6. The summed E-state index contributed by atoms with van der Waals surface area (Å²) >= 11 is 0. The molecule has 1 aliphatic rings. The van der Waals surface area contributed by atoms with E-state index in [1.165, 1.54) is 37.5 Å². The molecule has 0 bridgehead atoms. The van der Waals surface area contributed by atoms with E-state index in [-0.39, 0.29) is 24.9 Å². The quantitative estimate of drug-likeness (QED) is 0.540. The Hall–Kier alpha value is -3.29. The minimum Gasteiger partial charge on any atom is -0.493 e. The van der Waals surface area contributed by atoms with Gasteiger partial charge in [-0.2, -0.15) is 8.78 Å². The van der Waals surface area contributed by atoms with Gasteiger partial charge in [0.15, 0.2) is 23.0 Å². The lowest BCUT2D eigenvalue weighted by Gasteiger charge is -2.10. The predicted octanol–water partition coefficient (Wildman–Crippen LogP) is 3.78. The van der Waals surface area contributed by atoms with Gasteiger partial charge in [-0.25, -0.2) is 4.79 Å². The second kappa shape index (κ2) is 8.39. The van der Waals surface area contributed by atoms with Gasteiger partial charge in [0.1, 0.15) is 6.61 Å². The molecule has 0 radical (unpaired) electrons. The number of hydrogen-bond acceptors (Lipinski definition) is 6. The molecule has 0 amide bonds. The Labute approximate surface area is 153 Å². The van der Waals surface area contributed by atoms with Gasteiger partial charge in [0.2, 0.25) is 6.79 Å². The van der Waals surface area contributed by atoms with Crippen LogP contribution in [0.4, 0.5) is 8.78 Å². The highest BCUT2D eigenvalue weighted by Gasteiger charge is 2.14. The van der Waals surface area contributed by atoms with Crippen molar-refractivity contribution >= 4 is 12.0 Å². The number of carbonyl (C=O) groups excluding carboxylic acids is 1. The minimum absolute atomic E-state index is 0.0737. The Morgan fingerprint density at radius 3 is 2.74 bits per heavy atom. The first-order valence-electron chi connectivity index (χ1n) is 7.91. The zero-order valence-electron chi connectivity index (χ0n) is 14.3. The predicted molar refractivity (Wildman–Crippen MR) is 91.0 cm³/mol. The topological polar surface area (TPSA) is 63.2 Å². The molecule has 1 aliphatic heterocycles. The molecule has 0 aromatic heterocycles. The van der Waals surface area contributed by atoms with Crippen molar-refractivity contribution in [1.29, 1.82) is 0 Å². The van der Waals surface area contributed by atoms with Crippen LogP contribution in [0.15, 0.2) is 42.5 Å². The van der Waals surface area contributed by atoms with Crippen molar-refractivity contribution in [1.82, 2.24) is 0 Å². The van der Waals surface area contributed by atoms with Crippen molar-refractivity contribution in [3.8, 4) is 23.0 Å². The summed E-state index contributed by atoms with van der Waals surface area (Å²) in [5.74, 6) is 0.747. The Kier molecular flexibility index (Phi) is 5.75. The van der Waals surface area contributed by atoms with Crippen LogP contribution in [0.1, 0.15) is 11.1 Å². The molecule has 0 spiro atoms.